The van der Waals surface area contributed by atoms with Crippen molar-refractivity contribution in [1.29, 1.82) is 0 Å². The summed E-state index contributed by atoms with van der Waals surface area (Å²) in [6.07, 6.45) is -4.73. The molecule has 0 saturated carbocycles. The van der Waals surface area contributed by atoms with E-state index >= 15 is 0 Å². The second kappa shape index (κ2) is 6.93. The van der Waals surface area contributed by atoms with Gasteiger partial charge in [0.25, 0.3) is 0 Å². The maximum atomic E-state index is 14.2. The lowest BCUT2D eigenvalue weighted by Crippen LogP contribution is -2.12. The minimum absolute atomic E-state index is 0.0631. The number of benzene rings is 1. The van der Waals surface area contributed by atoms with Gasteiger partial charge in [0.15, 0.2) is 10.8 Å². The quantitative estimate of drug-likeness (QED) is 0.652. The molecule has 130 valence electrons. The fourth-order valence-electron chi connectivity index (χ4n) is 2.04. The van der Waals surface area contributed by atoms with Gasteiger partial charge in [-0.1, -0.05) is 35.0 Å². The van der Waals surface area contributed by atoms with E-state index in [-0.39, 0.29) is 27.1 Å². The van der Waals surface area contributed by atoms with Gasteiger partial charge < -0.3 is 0 Å². The molecule has 10 heteroatoms. The van der Waals surface area contributed by atoms with Gasteiger partial charge in [0.1, 0.15) is 11.5 Å². The topological polar surface area (TPSA) is 34.9 Å². The highest BCUT2D eigenvalue weighted by atomic mass is 35.5. The van der Waals surface area contributed by atoms with Crippen LogP contribution in [0.4, 0.5) is 17.6 Å². The van der Waals surface area contributed by atoms with Gasteiger partial charge in [-0.3, -0.25) is 9.48 Å². The summed E-state index contributed by atoms with van der Waals surface area (Å²) in [6, 6.07) is 2.22. The second-order valence-corrected chi connectivity index (χ2v) is 6.77. The third kappa shape index (κ3) is 3.87. The van der Waals surface area contributed by atoms with Crippen LogP contribution in [0.5, 0.6) is 0 Å². The van der Waals surface area contributed by atoms with Gasteiger partial charge >= 0.3 is 6.18 Å². The number of hydrogen-bond donors (Lipinski definition) is 0. The first kappa shape index (κ1) is 19.1. The van der Waals surface area contributed by atoms with E-state index in [1.165, 1.54) is 13.0 Å². The molecule has 0 radical (unpaired) electrons. The number of halogens is 6. The van der Waals surface area contributed by atoms with Crippen LogP contribution in [0.1, 0.15) is 18.2 Å². The van der Waals surface area contributed by atoms with Crippen LogP contribution < -0.4 is 0 Å². The molecule has 0 unspecified atom stereocenters. The maximum Gasteiger partial charge on any atom is 0.434 e. The van der Waals surface area contributed by atoms with Crippen LogP contribution in [0, 0.1) is 5.82 Å². The Morgan fingerprint density at radius 3 is 2.46 bits per heavy atom. The highest BCUT2D eigenvalue weighted by molar-refractivity contribution is 8.12. The summed E-state index contributed by atoms with van der Waals surface area (Å²) in [7, 11) is 1.07. The van der Waals surface area contributed by atoms with E-state index in [0.717, 1.165) is 24.9 Å². The van der Waals surface area contributed by atoms with Crippen molar-refractivity contribution in [1.82, 2.24) is 9.78 Å². The molecule has 0 bridgehead atoms. The first-order valence-corrected chi connectivity index (χ1v) is 8.18. The standard InChI is InChI=1S/C14H10Cl2F4N2OS/c1-6(23)24-5-7-3-8(10(17)4-9(7)15)12-11(16)13(14(18,19)20)22(2)21-12/h3-4H,5H2,1-2H3. The van der Waals surface area contributed by atoms with Crippen LogP contribution in [0.3, 0.4) is 0 Å². The lowest BCUT2D eigenvalue weighted by atomic mass is 10.1. The molecular formula is C14H10Cl2F4N2OS. The average molecular weight is 401 g/mol. The molecule has 2 rings (SSSR count). The van der Waals surface area contributed by atoms with Crippen LogP contribution in [0.15, 0.2) is 12.1 Å². The summed E-state index contributed by atoms with van der Waals surface area (Å²) in [5.41, 5.74) is -1.33. The largest absolute Gasteiger partial charge is 0.434 e. The molecule has 0 spiro atoms. The Labute approximate surface area is 148 Å². The van der Waals surface area contributed by atoms with Crippen molar-refractivity contribution in [3.63, 3.8) is 0 Å². The van der Waals surface area contributed by atoms with Crippen molar-refractivity contribution in [3.8, 4) is 11.3 Å². The Bertz CT molecular complexity index is 805. The Hall–Kier alpha value is -1.25. The number of carbonyl (C=O) groups is 1. The zero-order valence-electron chi connectivity index (χ0n) is 12.3. The molecule has 0 aliphatic carbocycles. The highest BCUT2D eigenvalue weighted by Gasteiger charge is 2.39. The summed E-state index contributed by atoms with van der Waals surface area (Å²) in [5, 5.41) is 2.87. The normalized spacial score (nSPS) is 11.8. The number of nitrogens with zero attached hydrogens (tertiary/aromatic N) is 2. The number of aromatic nitrogens is 2. The molecule has 24 heavy (non-hydrogen) atoms. The summed E-state index contributed by atoms with van der Waals surface area (Å²) < 4.78 is 53.7. The van der Waals surface area contributed by atoms with Gasteiger partial charge in [-0.25, -0.2) is 4.39 Å². The van der Waals surface area contributed by atoms with Crippen LogP contribution in [-0.4, -0.2) is 14.9 Å². The smallest absolute Gasteiger partial charge is 0.288 e. The van der Waals surface area contributed by atoms with Gasteiger partial charge in [-0.15, -0.1) is 0 Å². The SMILES string of the molecule is CC(=O)SCc1cc(-c2nn(C)c(C(F)(F)F)c2Cl)c(F)cc1Cl. The predicted octanol–water partition coefficient (Wildman–Crippen LogP) is 5.33. The summed E-state index contributed by atoms with van der Waals surface area (Å²) in [6.45, 7) is 1.36. The molecule has 0 N–H and O–H groups in total. The number of thioether (sulfide) groups is 1. The van der Waals surface area contributed by atoms with Crippen molar-refractivity contribution in [2.45, 2.75) is 18.9 Å². The van der Waals surface area contributed by atoms with Crippen molar-refractivity contribution in [2.75, 3.05) is 0 Å². The summed E-state index contributed by atoms with van der Waals surface area (Å²) >= 11 is 12.6. The Morgan fingerprint density at radius 1 is 1.33 bits per heavy atom. The molecule has 1 heterocycles. The number of rotatable bonds is 3. The van der Waals surface area contributed by atoms with Crippen LogP contribution >= 0.6 is 35.0 Å². The molecule has 0 aliphatic rings. The van der Waals surface area contributed by atoms with Crippen LogP contribution in [0.2, 0.25) is 10.0 Å². The highest BCUT2D eigenvalue weighted by Crippen LogP contribution is 2.41. The first-order valence-electron chi connectivity index (χ1n) is 6.43. The number of hydrogen-bond acceptors (Lipinski definition) is 3. The predicted molar refractivity (Wildman–Crippen MR) is 85.6 cm³/mol. The van der Waals surface area contributed by atoms with Crippen LogP contribution in [0.25, 0.3) is 11.3 Å². The molecule has 0 aliphatic heterocycles. The monoisotopic (exact) mass is 400 g/mol. The van der Waals surface area contributed by atoms with Gasteiger partial charge in [-0.2, -0.15) is 18.3 Å². The van der Waals surface area contributed by atoms with Crippen molar-refractivity contribution in [3.05, 3.63) is 39.3 Å². The lowest BCUT2D eigenvalue weighted by Gasteiger charge is -2.08. The van der Waals surface area contributed by atoms with Gasteiger partial charge in [0.2, 0.25) is 0 Å². The van der Waals surface area contributed by atoms with Crippen molar-refractivity contribution < 1.29 is 22.4 Å². The Kier molecular flexibility index (Phi) is 5.51. The van der Waals surface area contributed by atoms with Crippen molar-refractivity contribution >= 4 is 40.1 Å². The minimum atomic E-state index is -4.73. The van der Waals surface area contributed by atoms with E-state index in [0.29, 0.717) is 10.2 Å². The molecular weight excluding hydrogens is 391 g/mol. The fraction of sp³-hybridized carbons (Fsp3) is 0.286. The summed E-state index contributed by atoms with van der Waals surface area (Å²) in [4.78, 5) is 11.0. The maximum absolute atomic E-state index is 14.2. The number of aryl methyl sites for hydroxylation is 1. The third-order valence-corrected chi connectivity index (χ3v) is 4.65. The average Bonchev–Trinajstić information content (AvgIpc) is 2.72. The minimum Gasteiger partial charge on any atom is -0.288 e. The number of carbonyl (C=O) groups excluding carboxylic acids is 1. The third-order valence-electron chi connectivity index (χ3n) is 3.08. The fourth-order valence-corrected chi connectivity index (χ4v) is 3.31. The molecule has 2 aromatic rings. The first-order chi connectivity index (χ1) is 11.0. The van der Waals surface area contributed by atoms with E-state index in [2.05, 4.69) is 5.10 Å². The van der Waals surface area contributed by atoms with E-state index in [1.54, 1.807) is 0 Å². The summed E-state index contributed by atoms with van der Waals surface area (Å²) in [5.74, 6) is -0.705. The molecule has 0 amide bonds. The van der Waals surface area contributed by atoms with E-state index in [9.17, 15) is 22.4 Å². The molecule has 1 aromatic heterocycles. The molecule has 1 aromatic carbocycles. The second-order valence-electron chi connectivity index (χ2n) is 4.84. The Balaban J connectivity index is 2.57. The van der Waals surface area contributed by atoms with Crippen LogP contribution in [-0.2, 0) is 23.8 Å². The lowest BCUT2D eigenvalue weighted by molar-refractivity contribution is -0.143. The van der Waals surface area contributed by atoms with Gasteiger partial charge in [0.05, 0.1) is 5.02 Å². The van der Waals surface area contributed by atoms with Crippen molar-refractivity contribution in [2.24, 2.45) is 7.05 Å². The molecule has 0 atom stereocenters. The molecule has 3 nitrogen and oxygen atoms in total. The van der Waals surface area contributed by atoms with E-state index in [4.69, 9.17) is 23.2 Å². The van der Waals surface area contributed by atoms with Gasteiger partial charge in [-0.05, 0) is 17.7 Å². The van der Waals surface area contributed by atoms with E-state index < -0.39 is 22.7 Å². The number of alkyl halides is 3. The zero-order chi connectivity index (χ0) is 18.2. The Morgan fingerprint density at radius 2 is 1.96 bits per heavy atom. The molecule has 0 saturated heterocycles. The molecule has 0 fully saturated rings. The van der Waals surface area contributed by atoms with E-state index in [1.807, 2.05) is 0 Å². The van der Waals surface area contributed by atoms with Gasteiger partial charge in [0, 0.05) is 30.3 Å². The zero-order valence-corrected chi connectivity index (χ0v) is 14.7.